The number of phenols is 1. The van der Waals surface area contributed by atoms with Gasteiger partial charge in [-0.25, -0.2) is 4.98 Å². The van der Waals surface area contributed by atoms with Gasteiger partial charge in [0.05, 0.1) is 25.8 Å². The lowest BCUT2D eigenvalue weighted by Gasteiger charge is -2.12. The van der Waals surface area contributed by atoms with E-state index < -0.39 is 5.91 Å². The Morgan fingerprint density at radius 2 is 1.86 bits per heavy atom. The van der Waals surface area contributed by atoms with Gasteiger partial charge in [0.1, 0.15) is 16.5 Å². The van der Waals surface area contributed by atoms with E-state index in [0.29, 0.717) is 43.2 Å². The first-order chi connectivity index (χ1) is 17.3. The molecule has 5 aromatic rings. The summed E-state index contributed by atoms with van der Waals surface area (Å²) in [6, 6.07) is 19.6. The molecule has 0 saturated carbocycles. The molecule has 0 fully saturated rings. The zero-order valence-corrected chi connectivity index (χ0v) is 21.8. The van der Waals surface area contributed by atoms with E-state index in [1.807, 2.05) is 24.3 Å². The normalized spacial score (nSPS) is 11.0. The second-order valence-electron chi connectivity index (χ2n) is 7.85. The van der Waals surface area contributed by atoms with Crippen LogP contribution in [0.4, 0.5) is 5.69 Å². The minimum absolute atomic E-state index is 0.0576. The van der Waals surface area contributed by atoms with Crippen LogP contribution in [0.3, 0.4) is 0 Å². The molecule has 0 aliphatic carbocycles. The highest BCUT2D eigenvalue weighted by Crippen LogP contribution is 2.39. The predicted octanol–water partition coefficient (Wildman–Crippen LogP) is 7.67. The molecule has 2 aromatic heterocycles. The molecule has 180 valence electrons. The second kappa shape index (κ2) is 9.91. The zero-order valence-electron chi connectivity index (χ0n) is 18.6. The Bertz CT molecular complexity index is 1610. The van der Waals surface area contributed by atoms with Crippen molar-refractivity contribution in [1.29, 1.82) is 0 Å². The highest BCUT2D eigenvalue weighted by molar-refractivity contribution is 7.80. The monoisotopic (exact) mass is 553 g/mol. The number of halogens is 2. The van der Waals surface area contributed by atoms with Crippen molar-refractivity contribution in [3.8, 4) is 27.6 Å². The molecule has 0 aliphatic heterocycles. The molecule has 0 atom stereocenters. The van der Waals surface area contributed by atoms with Gasteiger partial charge in [-0.2, -0.15) is 0 Å². The van der Waals surface area contributed by atoms with Gasteiger partial charge >= 0.3 is 0 Å². The molecule has 0 unspecified atom stereocenters. The molecule has 10 heteroatoms. The summed E-state index contributed by atoms with van der Waals surface area (Å²) in [6.45, 7) is 1.78. The largest absolute Gasteiger partial charge is 0.507 e. The maximum atomic E-state index is 12.7. The van der Waals surface area contributed by atoms with Crippen molar-refractivity contribution in [3.63, 3.8) is 0 Å². The quantitative estimate of drug-likeness (QED) is 0.156. The van der Waals surface area contributed by atoms with Crippen LogP contribution in [0.5, 0.6) is 5.75 Å². The number of amides is 1. The number of fused-ring (bicyclic) bond motifs is 1. The van der Waals surface area contributed by atoms with Crippen LogP contribution < -0.4 is 10.6 Å². The summed E-state index contributed by atoms with van der Waals surface area (Å²) in [5.41, 5.74) is 3.23. The molecule has 3 N–H and O–H groups in total. The Hall–Kier alpha value is -3.43. The maximum absolute atomic E-state index is 12.7. The fourth-order valence-electron chi connectivity index (χ4n) is 3.63. The van der Waals surface area contributed by atoms with E-state index in [4.69, 9.17) is 39.8 Å². The third-order valence-electron chi connectivity index (χ3n) is 5.36. The van der Waals surface area contributed by atoms with E-state index in [9.17, 15) is 9.90 Å². The van der Waals surface area contributed by atoms with Crippen molar-refractivity contribution in [1.82, 2.24) is 10.3 Å². The highest BCUT2D eigenvalue weighted by Gasteiger charge is 2.18. The summed E-state index contributed by atoms with van der Waals surface area (Å²) in [6.07, 6.45) is 0. The number of para-hydroxylation sites is 1. The molecule has 3 aromatic carbocycles. The van der Waals surface area contributed by atoms with Gasteiger partial charge in [-0.1, -0.05) is 41.4 Å². The summed E-state index contributed by atoms with van der Waals surface area (Å²) < 4.78 is 6.69. The third-order valence-corrected chi connectivity index (χ3v) is 7.45. The minimum atomic E-state index is -0.529. The molecule has 0 saturated heterocycles. The van der Waals surface area contributed by atoms with Gasteiger partial charge in [-0.3, -0.25) is 10.1 Å². The Morgan fingerprint density at radius 3 is 2.67 bits per heavy atom. The number of thiazole rings is 1. The third kappa shape index (κ3) is 4.81. The first-order valence-electron chi connectivity index (χ1n) is 10.7. The standard InChI is InChI=1S/C26H17Cl2N3O3S2/c1-13-11-14(12-16(23(13)32)25-30-18-7-2-3-8-21(18)36-25)29-26(35)31-24(33)20-10-9-19(34-20)15-5-4-6-17(27)22(15)28/h2-12,32H,1H3,(H2,29,31,33,35). The Balaban J connectivity index is 1.33. The van der Waals surface area contributed by atoms with E-state index in [1.165, 1.54) is 17.4 Å². The number of phenolic OH excluding ortho intramolecular Hbond substituents is 1. The number of carbonyl (C=O) groups excluding carboxylic acids is 1. The van der Waals surface area contributed by atoms with Crippen LogP contribution in [0.15, 0.2) is 71.1 Å². The molecule has 2 heterocycles. The van der Waals surface area contributed by atoms with Gasteiger partial charge < -0.3 is 14.8 Å². The Morgan fingerprint density at radius 1 is 1.06 bits per heavy atom. The van der Waals surface area contributed by atoms with Crippen molar-refractivity contribution in [2.45, 2.75) is 6.92 Å². The number of hydrogen-bond donors (Lipinski definition) is 3. The summed E-state index contributed by atoms with van der Waals surface area (Å²) in [5, 5.41) is 17.7. The van der Waals surface area contributed by atoms with Crippen LogP contribution in [-0.4, -0.2) is 21.1 Å². The molecule has 0 aliphatic rings. The number of aromatic nitrogens is 1. The number of furan rings is 1. The first-order valence-corrected chi connectivity index (χ1v) is 12.6. The predicted molar refractivity (Wildman–Crippen MR) is 149 cm³/mol. The van der Waals surface area contributed by atoms with Crippen molar-refractivity contribution in [3.05, 3.63) is 88.1 Å². The second-order valence-corrected chi connectivity index (χ2v) is 10.1. The van der Waals surface area contributed by atoms with Crippen molar-refractivity contribution < 1.29 is 14.3 Å². The van der Waals surface area contributed by atoms with Crippen LogP contribution in [0.25, 0.3) is 32.1 Å². The topological polar surface area (TPSA) is 87.4 Å². The fourth-order valence-corrected chi connectivity index (χ4v) is 5.21. The van der Waals surface area contributed by atoms with Gasteiger partial charge in [0.15, 0.2) is 10.9 Å². The lowest BCUT2D eigenvalue weighted by atomic mass is 10.1. The first kappa shape index (κ1) is 24.3. The smallest absolute Gasteiger partial charge is 0.293 e. The van der Waals surface area contributed by atoms with Gasteiger partial charge in [-0.05, 0) is 73.2 Å². The molecular weight excluding hydrogens is 537 g/mol. The zero-order chi connectivity index (χ0) is 25.4. The van der Waals surface area contributed by atoms with E-state index in [0.717, 1.165) is 10.2 Å². The summed E-state index contributed by atoms with van der Waals surface area (Å²) in [4.78, 5) is 17.3. The molecule has 1 amide bonds. The van der Waals surface area contributed by atoms with Crippen LogP contribution in [-0.2, 0) is 0 Å². The van der Waals surface area contributed by atoms with Crippen molar-refractivity contribution in [2.75, 3.05) is 5.32 Å². The summed E-state index contributed by atoms with van der Waals surface area (Å²) >= 11 is 19.1. The average Bonchev–Trinajstić information content (AvgIpc) is 3.50. The highest BCUT2D eigenvalue weighted by atomic mass is 35.5. The number of nitrogens with zero attached hydrogens (tertiary/aromatic N) is 1. The van der Waals surface area contributed by atoms with Gasteiger partial charge in [-0.15, -0.1) is 11.3 Å². The number of hydrogen-bond acceptors (Lipinski definition) is 6. The van der Waals surface area contributed by atoms with Crippen molar-refractivity contribution in [2.24, 2.45) is 0 Å². The van der Waals surface area contributed by atoms with Gasteiger partial charge in [0, 0.05) is 11.3 Å². The summed E-state index contributed by atoms with van der Waals surface area (Å²) in [5.74, 6) is 0.0690. The number of anilines is 1. The van der Waals surface area contributed by atoms with E-state index in [1.54, 1.807) is 43.3 Å². The molecule has 0 bridgehead atoms. The molecule has 6 nitrogen and oxygen atoms in total. The maximum Gasteiger partial charge on any atom is 0.293 e. The number of aryl methyl sites for hydroxylation is 1. The van der Waals surface area contributed by atoms with Crippen LogP contribution in [0.2, 0.25) is 10.0 Å². The number of nitrogens with one attached hydrogen (secondary N) is 2. The number of aromatic hydroxyl groups is 1. The lowest BCUT2D eigenvalue weighted by Crippen LogP contribution is -2.33. The van der Waals surface area contributed by atoms with Gasteiger partial charge in [0.2, 0.25) is 0 Å². The molecular formula is C26H17Cl2N3O3S2. The number of carbonyl (C=O) groups is 1. The molecule has 36 heavy (non-hydrogen) atoms. The Kier molecular flexibility index (Phi) is 6.68. The minimum Gasteiger partial charge on any atom is -0.507 e. The van der Waals surface area contributed by atoms with Crippen LogP contribution >= 0.6 is 46.8 Å². The Labute approximate surface area is 225 Å². The molecule has 0 radical (unpaired) electrons. The van der Waals surface area contributed by atoms with E-state index in [2.05, 4.69) is 15.6 Å². The van der Waals surface area contributed by atoms with Crippen molar-refractivity contribution >= 4 is 73.7 Å². The lowest BCUT2D eigenvalue weighted by molar-refractivity contribution is 0.0951. The number of thiocarbonyl (C=S) groups is 1. The van der Waals surface area contributed by atoms with Crippen LogP contribution in [0.1, 0.15) is 16.1 Å². The summed E-state index contributed by atoms with van der Waals surface area (Å²) in [7, 11) is 0. The van der Waals surface area contributed by atoms with E-state index in [-0.39, 0.29) is 16.6 Å². The average molecular weight is 554 g/mol. The van der Waals surface area contributed by atoms with E-state index >= 15 is 0 Å². The number of rotatable bonds is 4. The SMILES string of the molecule is Cc1cc(NC(=S)NC(=O)c2ccc(-c3cccc(Cl)c3Cl)o2)cc(-c2nc3ccccc3s2)c1O. The molecule has 0 spiro atoms. The molecule has 5 rings (SSSR count). The fraction of sp³-hybridized carbons (Fsp3) is 0.0385. The van der Waals surface area contributed by atoms with Gasteiger partial charge in [0.25, 0.3) is 5.91 Å². The number of benzene rings is 3. The van der Waals surface area contributed by atoms with Crippen LogP contribution in [0, 0.1) is 6.92 Å².